The van der Waals surface area contributed by atoms with E-state index < -0.39 is 0 Å². The average Bonchev–Trinajstić information content (AvgIpc) is 2.33. The number of halogens is 3. The third-order valence-electron chi connectivity index (χ3n) is 2.68. The SMILES string of the molecule is Cc1cccc(F)c1NCc1ccc(Br)c(Br)c1. The van der Waals surface area contributed by atoms with Crippen LogP contribution >= 0.6 is 31.9 Å². The number of hydrogen-bond acceptors (Lipinski definition) is 1. The predicted molar refractivity (Wildman–Crippen MR) is 80.3 cm³/mol. The van der Waals surface area contributed by atoms with E-state index in [0.717, 1.165) is 20.1 Å². The first-order valence-corrected chi connectivity index (χ1v) is 7.09. The van der Waals surface area contributed by atoms with E-state index in [1.54, 1.807) is 6.07 Å². The van der Waals surface area contributed by atoms with Crippen LogP contribution in [0.25, 0.3) is 0 Å². The molecule has 4 heteroatoms. The summed E-state index contributed by atoms with van der Waals surface area (Å²) in [5.74, 6) is -0.217. The Bertz CT molecular complexity index is 549. The summed E-state index contributed by atoms with van der Waals surface area (Å²) in [7, 11) is 0. The van der Waals surface area contributed by atoms with E-state index >= 15 is 0 Å². The molecule has 1 nitrogen and oxygen atoms in total. The first-order valence-electron chi connectivity index (χ1n) is 5.51. The van der Waals surface area contributed by atoms with Gasteiger partial charge in [0.25, 0.3) is 0 Å². The highest BCUT2D eigenvalue weighted by Crippen LogP contribution is 2.25. The van der Waals surface area contributed by atoms with Gasteiger partial charge in [-0.15, -0.1) is 0 Å². The molecule has 94 valence electrons. The van der Waals surface area contributed by atoms with Crippen LogP contribution in [0.5, 0.6) is 0 Å². The number of benzene rings is 2. The Morgan fingerprint density at radius 3 is 2.56 bits per heavy atom. The first-order chi connectivity index (χ1) is 8.58. The third kappa shape index (κ3) is 3.12. The monoisotopic (exact) mass is 371 g/mol. The van der Waals surface area contributed by atoms with Crippen LogP contribution in [0.4, 0.5) is 10.1 Å². The zero-order chi connectivity index (χ0) is 13.1. The van der Waals surface area contributed by atoms with Crippen molar-refractivity contribution in [1.29, 1.82) is 0 Å². The van der Waals surface area contributed by atoms with E-state index in [-0.39, 0.29) is 5.82 Å². The molecular weight excluding hydrogens is 361 g/mol. The van der Waals surface area contributed by atoms with E-state index in [1.807, 2.05) is 31.2 Å². The molecule has 2 aromatic carbocycles. The molecule has 1 N–H and O–H groups in total. The van der Waals surface area contributed by atoms with Gasteiger partial charge in [0, 0.05) is 15.5 Å². The van der Waals surface area contributed by atoms with Crippen LogP contribution in [0.3, 0.4) is 0 Å². The summed E-state index contributed by atoms with van der Waals surface area (Å²) in [6.45, 7) is 2.48. The minimum atomic E-state index is -0.217. The molecule has 0 bridgehead atoms. The maximum absolute atomic E-state index is 13.6. The van der Waals surface area contributed by atoms with Gasteiger partial charge in [0.1, 0.15) is 5.82 Å². The van der Waals surface area contributed by atoms with E-state index in [1.165, 1.54) is 6.07 Å². The Morgan fingerprint density at radius 2 is 1.89 bits per heavy atom. The molecule has 0 aliphatic rings. The molecule has 0 unspecified atom stereocenters. The third-order valence-corrected chi connectivity index (χ3v) is 4.55. The van der Waals surface area contributed by atoms with E-state index in [2.05, 4.69) is 37.2 Å². The summed E-state index contributed by atoms with van der Waals surface area (Å²) in [6, 6.07) is 11.0. The van der Waals surface area contributed by atoms with Crippen molar-refractivity contribution < 1.29 is 4.39 Å². The molecular formula is C14H12Br2FN. The highest BCUT2D eigenvalue weighted by atomic mass is 79.9. The average molecular weight is 373 g/mol. The number of anilines is 1. The standard InChI is InChI=1S/C14H12Br2FN/c1-9-3-2-4-13(17)14(9)18-8-10-5-6-11(15)12(16)7-10/h2-7,18H,8H2,1H3. The Labute approximate surface area is 123 Å². The molecule has 0 saturated carbocycles. The van der Waals surface area contributed by atoms with Crippen molar-refractivity contribution in [2.75, 3.05) is 5.32 Å². The smallest absolute Gasteiger partial charge is 0.146 e. The molecule has 0 fully saturated rings. The Hall–Kier alpha value is -0.870. The highest BCUT2D eigenvalue weighted by Gasteiger charge is 2.05. The molecule has 0 aliphatic carbocycles. The fourth-order valence-electron chi connectivity index (χ4n) is 1.70. The van der Waals surface area contributed by atoms with Gasteiger partial charge in [-0.2, -0.15) is 0 Å². The lowest BCUT2D eigenvalue weighted by atomic mass is 10.1. The van der Waals surface area contributed by atoms with E-state index in [0.29, 0.717) is 12.2 Å². The second-order valence-electron chi connectivity index (χ2n) is 4.03. The topological polar surface area (TPSA) is 12.0 Å². The molecule has 2 rings (SSSR count). The van der Waals surface area contributed by atoms with Crippen LogP contribution in [0, 0.1) is 12.7 Å². The van der Waals surface area contributed by atoms with Gasteiger partial charge >= 0.3 is 0 Å². The molecule has 0 aromatic heterocycles. The van der Waals surface area contributed by atoms with Crippen LogP contribution in [0.1, 0.15) is 11.1 Å². The lowest BCUT2D eigenvalue weighted by molar-refractivity contribution is 0.629. The predicted octanol–water partition coefficient (Wildman–Crippen LogP) is 5.27. The van der Waals surface area contributed by atoms with Crippen molar-refractivity contribution in [2.24, 2.45) is 0 Å². The molecule has 0 amide bonds. The molecule has 2 aromatic rings. The van der Waals surface area contributed by atoms with Gasteiger partial charge < -0.3 is 5.32 Å². The highest BCUT2D eigenvalue weighted by molar-refractivity contribution is 9.13. The summed E-state index contributed by atoms with van der Waals surface area (Å²) < 4.78 is 15.6. The molecule has 0 saturated heterocycles. The zero-order valence-corrected chi connectivity index (χ0v) is 13.0. The van der Waals surface area contributed by atoms with Crippen molar-refractivity contribution in [1.82, 2.24) is 0 Å². The summed E-state index contributed by atoms with van der Waals surface area (Å²) in [6.07, 6.45) is 0. The number of nitrogens with one attached hydrogen (secondary N) is 1. The second-order valence-corrected chi connectivity index (χ2v) is 5.74. The number of aryl methyl sites for hydroxylation is 1. The van der Waals surface area contributed by atoms with Crippen molar-refractivity contribution in [2.45, 2.75) is 13.5 Å². The maximum atomic E-state index is 13.6. The minimum Gasteiger partial charge on any atom is -0.378 e. The van der Waals surface area contributed by atoms with Gasteiger partial charge in [0.15, 0.2) is 0 Å². The van der Waals surface area contributed by atoms with E-state index in [4.69, 9.17) is 0 Å². The summed E-state index contributed by atoms with van der Waals surface area (Å²) in [5.41, 5.74) is 2.57. The van der Waals surface area contributed by atoms with Gasteiger partial charge in [-0.05, 0) is 68.1 Å². The maximum Gasteiger partial charge on any atom is 0.146 e. The van der Waals surface area contributed by atoms with Crippen LogP contribution < -0.4 is 5.32 Å². The second kappa shape index (κ2) is 5.85. The zero-order valence-electron chi connectivity index (χ0n) is 9.81. The number of rotatable bonds is 3. The van der Waals surface area contributed by atoms with Gasteiger partial charge in [0.2, 0.25) is 0 Å². The summed E-state index contributed by atoms with van der Waals surface area (Å²) in [5, 5.41) is 3.13. The summed E-state index contributed by atoms with van der Waals surface area (Å²) in [4.78, 5) is 0. The van der Waals surface area contributed by atoms with Crippen molar-refractivity contribution in [3.63, 3.8) is 0 Å². The molecule has 0 atom stereocenters. The molecule has 0 heterocycles. The minimum absolute atomic E-state index is 0.217. The van der Waals surface area contributed by atoms with Gasteiger partial charge in [-0.1, -0.05) is 18.2 Å². The lowest BCUT2D eigenvalue weighted by Crippen LogP contribution is -2.03. The van der Waals surface area contributed by atoms with E-state index in [9.17, 15) is 4.39 Å². The van der Waals surface area contributed by atoms with Crippen LogP contribution in [-0.4, -0.2) is 0 Å². The fourth-order valence-corrected chi connectivity index (χ4v) is 2.37. The molecule has 0 aliphatic heterocycles. The number of hydrogen-bond donors (Lipinski definition) is 1. The first kappa shape index (κ1) is 13.6. The Morgan fingerprint density at radius 1 is 1.11 bits per heavy atom. The van der Waals surface area contributed by atoms with Crippen molar-refractivity contribution in [3.05, 3.63) is 62.3 Å². The molecule has 18 heavy (non-hydrogen) atoms. The van der Waals surface area contributed by atoms with Gasteiger partial charge in [-0.3, -0.25) is 0 Å². The molecule has 0 radical (unpaired) electrons. The lowest BCUT2D eigenvalue weighted by Gasteiger charge is -2.11. The van der Waals surface area contributed by atoms with Crippen LogP contribution in [0.2, 0.25) is 0 Å². The molecule has 0 spiro atoms. The quantitative estimate of drug-likeness (QED) is 0.773. The van der Waals surface area contributed by atoms with Crippen molar-refractivity contribution in [3.8, 4) is 0 Å². The largest absolute Gasteiger partial charge is 0.378 e. The van der Waals surface area contributed by atoms with Crippen LogP contribution in [-0.2, 0) is 6.54 Å². The Balaban J connectivity index is 2.14. The fraction of sp³-hybridized carbons (Fsp3) is 0.143. The normalized spacial score (nSPS) is 10.4. The number of para-hydroxylation sites is 1. The van der Waals surface area contributed by atoms with Crippen molar-refractivity contribution >= 4 is 37.5 Å². The van der Waals surface area contributed by atoms with Crippen LogP contribution in [0.15, 0.2) is 45.3 Å². The summed E-state index contributed by atoms with van der Waals surface area (Å²) >= 11 is 6.87. The van der Waals surface area contributed by atoms with Gasteiger partial charge in [0.05, 0.1) is 5.69 Å². The Kier molecular flexibility index (Phi) is 4.40. The van der Waals surface area contributed by atoms with Gasteiger partial charge in [-0.25, -0.2) is 4.39 Å².